The number of urea groups is 1. The number of carbonyl (C=O) groups is 4. The van der Waals surface area contributed by atoms with E-state index in [0.717, 1.165) is 4.90 Å². The molecule has 276 valence electrons. The van der Waals surface area contributed by atoms with Gasteiger partial charge in [-0.25, -0.2) is 9.69 Å². The third kappa shape index (κ3) is 7.23. The number of aromatic nitrogens is 2. The van der Waals surface area contributed by atoms with Crippen molar-refractivity contribution < 1.29 is 32.3 Å². The fourth-order valence-corrected chi connectivity index (χ4v) is 7.87. The second-order valence-electron chi connectivity index (χ2n) is 13.5. The monoisotopic (exact) mass is 738 g/mol. The predicted octanol–water partition coefficient (Wildman–Crippen LogP) is 4.27. The highest BCUT2D eigenvalue weighted by Gasteiger charge is 2.59. The number of benzene rings is 1. The minimum Gasteiger partial charge on any atom is -0.336 e. The zero-order valence-electron chi connectivity index (χ0n) is 29.4. The average Bonchev–Trinajstić information content (AvgIpc) is 3.40. The summed E-state index contributed by atoms with van der Waals surface area (Å²) in [5.41, 5.74) is -4.71. The van der Waals surface area contributed by atoms with E-state index in [-0.39, 0.29) is 45.3 Å². The summed E-state index contributed by atoms with van der Waals surface area (Å²) in [5, 5.41) is 2.97. The molecule has 2 unspecified atom stereocenters. The van der Waals surface area contributed by atoms with Gasteiger partial charge in [-0.05, 0) is 73.4 Å². The first-order valence-electron chi connectivity index (χ1n) is 17.1. The largest absolute Gasteiger partial charge is 0.446 e. The Balaban J connectivity index is 1.44. The number of alkyl halides is 3. The van der Waals surface area contributed by atoms with Crippen LogP contribution in [0.3, 0.4) is 0 Å². The van der Waals surface area contributed by atoms with Gasteiger partial charge in [-0.1, -0.05) is 13.8 Å². The molecule has 0 radical (unpaired) electrons. The summed E-state index contributed by atoms with van der Waals surface area (Å²) in [7, 11) is 3.96. The maximum Gasteiger partial charge on any atom is 0.446 e. The molecule has 1 aromatic carbocycles. The smallest absolute Gasteiger partial charge is 0.336 e. The number of likely N-dealkylation sites (N-methyl/N-ethyl adjacent to an activating group) is 2. The number of amides is 5. The van der Waals surface area contributed by atoms with E-state index in [1.165, 1.54) is 49.1 Å². The first kappa shape index (κ1) is 37.2. The van der Waals surface area contributed by atoms with Gasteiger partial charge in [0.15, 0.2) is 0 Å². The van der Waals surface area contributed by atoms with Gasteiger partial charge in [-0.3, -0.25) is 24.4 Å². The number of anilines is 1. The maximum absolute atomic E-state index is 15.0. The van der Waals surface area contributed by atoms with Crippen LogP contribution in [-0.2, 0) is 4.79 Å². The molecule has 0 bridgehead atoms. The SMILES string of the molecule is CC(c1ccncc1C(=O)N1CCN(C)CC1)C1(C(C)c2ccncc2C(=O)N2CCN(C)CC2)NC(=O)N(c2ccc(SC(F)(F)F)cc2)C1=O. The molecule has 1 N–H and O–H groups in total. The zero-order valence-corrected chi connectivity index (χ0v) is 30.2. The summed E-state index contributed by atoms with van der Waals surface area (Å²) < 4.78 is 39.3. The van der Waals surface area contributed by atoms with Gasteiger partial charge < -0.3 is 24.9 Å². The van der Waals surface area contributed by atoms with Crippen molar-refractivity contribution >= 4 is 41.2 Å². The minimum atomic E-state index is -4.52. The molecule has 12 nitrogen and oxygen atoms in total. The van der Waals surface area contributed by atoms with Crippen LogP contribution in [0.4, 0.5) is 23.7 Å². The normalized spacial score (nSPS) is 21.6. The van der Waals surface area contributed by atoms with Crippen LogP contribution in [0.2, 0.25) is 0 Å². The van der Waals surface area contributed by atoms with E-state index >= 15 is 4.79 Å². The van der Waals surface area contributed by atoms with Crippen molar-refractivity contribution in [2.24, 2.45) is 0 Å². The number of rotatable bonds is 8. The van der Waals surface area contributed by atoms with Crippen molar-refractivity contribution in [2.45, 2.75) is 41.6 Å². The molecule has 0 spiro atoms. The molecular weight excluding hydrogens is 698 g/mol. The molecule has 3 aromatic rings. The van der Waals surface area contributed by atoms with Gasteiger partial charge in [-0.2, -0.15) is 13.2 Å². The van der Waals surface area contributed by atoms with Crippen LogP contribution in [0.25, 0.3) is 0 Å². The molecule has 3 aliphatic rings. The molecule has 0 saturated carbocycles. The van der Waals surface area contributed by atoms with Crippen molar-refractivity contribution in [3.05, 3.63) is 83.4 Å². The number of halogens is 3. The first-order valence-corrected chi connectivity index (χ1v) is 17.9. The lowest BCUT2D eigenvalue weighted by Crippen LogP contribution is -2.56. The lowest BCUT2D eigenvalue weighted by atomic mass is 9.68. The standard InChI is InChI=1S/C36H41F3N8O4S/c1-23(27-9-11-40-21-29(27)31(48)45-17-13-43(3)14-18-45)35(24(2)28-10-12-41-22-30(28)32(49)46-19-15-44(4)16-20-46)33(50)47(34(51)42-35)25-5-7-26(8-6-25)52-36(37,38)39/h5-12,21-24H,13-20H2,1-4H3,(H,42,51). The van der Waals surface area contributed by atoms with E-state index in [1.54, 1.807) is 35.8 Å². The third-order valence-corrected chi connectivity index (χ3v) is 11.2. The number of thioether (sulfide) groups is 1. The molecule has 3 saturated heterocycles. The van der Waals surface area contributed by atoms with Gasteiger partial charge >= 0.3 is 11.5 Å². The molecule has 52 heavy (non-hydrogen) atoms. The summed E-state index contributed by atoms with van der Waals surface area (Å²) >= 11 is -0.303. The fourth-order valence-electron chi connectivity index (χ4n) is 7.33. The van der Waals surface area contributed by atoms with Crippen LogP contribution in [0.1, 0.15) is 57.5 Å². The van der Waals surface area contributed by atoms with Crippen LogP contribution in [0, 0.1) is 0 Å². The van der Waals surface area contributed by atoms with Crippen LogP contribution in [0.5, 0.6) is 0 Å². The summed E-state index contributed by atoms with van der Waals surface area (Å²) in [6.45, 7) is 8.26. The Labute approximate surface area is 304 Å². The van der Waals surface area contributed by atoms with Crippen LogP contribution < -0.4 is 10.2 Å². The van der Waals surface area contributed by atoms with Gasteiger partial charge in [0.1, 0.15) is 5.54 Å². The lowest BCUT2D eigenvalue weighted by Gasteiger charge is -2.40. The van der Waals surface area contributed by atoms with Gasteiger partial charge in [0, 0.05) is 93.9 Å². The Kier molecular flexibility index (Phi) is 10.6. The molecular formula is C36H41F3N8O4S. The van der Waals surface area contributed by atoms with Crippen molar-refractivity contribution in [3.63, 3.8) is 0 Å². The van der Waals surface area contributed by atoms with Crippen molar-refractivity contribution in [2.75, 3.05) is 71.4 Å². The number of hydrogen-bond acceptors (Lipinski definition) is 9. The van der Waals surface area contributed by atoms with Crippen LogP contribution in [-0.4, -0.2) is 131 Å². The van der Waals surface area contributed by atoms with Crippen molar-refractivity contribution in [1.29, 1.82) is 0 Å². The number of pyridine rings is 2. The molecule has 16 heteroatoms. The minimum absolute atomic E-state index is 0.0715. The Morgan fingerprint density at radius 2 is 1.19 bits per heavy atom. The summed E-state index contributed by atoms with van der Waals surface area (Å²) in [6, 6.07) is 7.52. The second-order valence-corrected chi connectivity index (χ2v) is 14.7. The molecule has 0 aliphatic carbocycles. The summed E-state index contributed by atoms with van der Waals surface area (Å²) in [6.07, 6.45) is 5.98. The molecule has 5 amide bonds. The highest BCUT2D eigenvalue weighted by atomic mass is 32.2. The Morgan fingerprint density at radius 3 is 1.62 bits per heavy atom. The van der Waals surface area contributed by atoms with Gasteiger partial charge in [-0.15, -0.1) is 0 Å². The summed E-state index contributed by atoms with van der Waals surface area (Å²) in [5.74, 6) is -2.92. The number of piperazine rings is 2. The number of hydrogen-bond donors (Lipinski definition) is 1. The highest BCUT2D eigenvalue weighted by molar-refractivity contribution is 8.00. The average molecular weight is 739 g/mol. The van der Waals surface area contributed by atoms with Crippen LogP contribution >= 0.6 is 11.8 Å². The van der Waals surface area contributed by atoms with E-state index in [9.17, 15) is 27.6 Å². The summed E-state index contributed by atoms with van der Waals surface area (Å²) in [4.78, 5) is 74.2. The predicted molar refractivity (Wildman–Crippen MR) is 189 cm³/mol. The first-order chi connectivity index (χ1) is 24.7. The van der Waals surface area contributed by atoms with E-state index in [0.29, 0.717) is 63.5 Å². The van der Waals surface area contributed by atoms with Gasteiger partial charge in [0.25, 0.3) is 17.7 Å². The second kappa shape index (κ2) is 14.8. The number of nitrogens with one attached hydrogen (secondary N) is 1. The Hall–Kier alpha value is -4.54. The van der Waals surface area contributed by atoms with E-state index < -0.39 is 34.8 Å². The van der Waals surface area contributed by atoms with Crippen molar-refractivity contribution in [1.82, 2.24) is 34.9 Å². The van der Waals surface area contributed by atoms with E-state index in [4.69, 9.17) is 0 Å². The lowest BCUT2D eigenvalue weighted by molar-refractivity contribution is -0.123. The quantitative estimate of drug-likeness (QED) is 0.267. The zero-order chi connectivity index (χ0) is 37.4. The maximum atomic E-state index is 15.0. The molecule has 5 heterocycles. The third-order valence-electron chi connectivity index (χ3n) is 10.5. The van der Waals surface area contributed by atoms with Gasteiger partial charge in [0.05, 0.1) is 16.8 Å². The molecule has 6 rings (SSSR count). The molecule has 2 aromatic heterocycles. The Bertz CT molecular complexity index is 1740. The molecule has 3 aliphatic heterocycles. The number of carbonyl (C=O) groups excluding carboxylic acids is 4. The fraction of sp³-hybridized carbons (Fsp3) is 0.444. The highest BCUT2D eigenvalue weighted by Crippen LogP contribution is 2.47. The molecule has 3 fully saturated rings. The number of nitrogens with zero attached hydrogens (tertiary/aromatic N) is 7. The Morgan fingerprint density at radius 1 is 0.750 bits per heavy atom. The van der Waals surface area contributed by atoms with Gasteiger partial charge in [0.2, 0.25) is 0 Å². The molecule has 2 atom stereocenters. The van der Waals surface area contributed by atoms with Crippen molar-refractivity contribution in [3.8, 4) is 0 Å². The number of imide groups is 1. The van der Waals surface area contributed by atoms with E-state index in [1.807, 2.05) is 14.1 Å². The van der Waals surface area contributed by atoms with Crippen LogP contribution in [0.15, 0.2) is 66.1 Å². The topological polar surface area (TPSA) is 122 Å². The van der Waals surface area contributed by atoms with E-state index in [2.05, 4.69) is 25.1 Å².